The maximum absolute atomic E-state index is 12.6. The number of morpholine rings is 1. The lowest BCUT2D eigenvalue weighted by Gasteiger charge is -2.27. The molecule has 6 heteroatoms. The van der Waals surface area contributed by atoms with Gasteiger partial charge in [-0.1, -0.05) is 6.07 Å². The first-order valence-corrected chi connectivity index (χ1v) is 9.25. The van der Waals surface area contributed by atoms with Crippen molar-refractivity contribution in [2.75, 3.05) is 31.6 Å². The van der Waals surface area contributed by atoms with Crippen molar-refractivity contribution in [3.05, 3.63) is 29.8 Å². The summed E-state index contributed by atoms with van der Waals surface area (Å²) >= 11 is 0. The average Bonchev–Trinajstić information content (AvgIpc) is 3.53. The second-order valence-corrected chi connectivity index (χ2v) is 7.28. The van der Waals surface area contributed by atoms with Gasteiger partial charge in [0.2, 0.25) is 0 Å². The first-order valence-electron chi connectivity index (χ1n) is 9.25. The average molecular weight is 343 g/mol. The summed E-state index contributed by atoms with van der Waals surface area (Å²) in [6.07, 6.45) is 4.91. The molecule has 2 N–H and O–H groups in total. The van der Waals surface area contributed by atoms with Gasteiger partial charge in [-0.25, -0.2) is 4.79 Å². The standard InChI is InChI=1S/C19H25N3O3/c23-18(22-8-10-25-11-9-22)15-2-1-3-16(12-15)20-19(24)21-17(13-4-5-13)14-6-7-14/h1-3,12-14,17H,4-11H2,(H2,20,21,24). The van der Waals surface area contributed by atoms with Crippen LogP contribution in [0.15, 0.2) is 24.3 Å². The number of rotatable bonds is 5. The molecule has 0 aromatic heterocycles. The Kier molecular flexibility index (Phi) is 4.61. The Balaban J connectivity index is 1.37. The number of anilines is 1. The highest BCUT2D eigenvalue weighted by molar-refractivity contribution is 5.97. The minimum absolute atomic E-state index is 0.0128. The summed E-state index contributed by atoms with van der Waals surface area (Å²) in [5.74, 6) is 1.31. The quantitative estimate of drug-likeness (QED) is 0.863. The van der Waals surface area contributed by atoms with Crippen LogP contribution in [-0.2, 0) is 4.74 Å². The lowest BCUT2D eigenvalue weighted by molar-refractivity contribution is 0.0303. The summed E-state index contributed by atoms with van der Waals surface area (Å²) in [5.41, 5.74) is 1.25. The number of carbonyl (C=O) groups is 2. The molecule has 134 valence electrons. The summed E-state index contributed by atoms with van der Waals surface area (Å²) < 4.78 is 5.29. The van der Waals surface area contributed by atoms with Crippen LogP contribution in [0.4, 0.5) is 10.5 Å². The zero-order chi connectivity index (χ0) is 17.2. The van der Waals surface area contributed by atoms with Crippen LogP contribution < -0.4 is 10.6 Å². The maximum Gasteiger partial charge on any atom is 0.319 e. The van der Waals surface area contributed by atoms with Crippen molar-refractivity contribution in [3.8, 4) is 0 Å². The maximum atomic E-state index is 12.6. The minimum atomic E-state index is -0.167. The molecule has 25 heavy (non-hydrogen) atoms. The minimum Gasteiger partial charge on any atom is -0.378 e. The number of amides is 3. The van der Waals surface area contributed by atoms with Crippen molar-refractivity contribution in [2.45, 2.75) is 31.7 Å². The molecule has 0 atom stereocenters. The van der Waals surface area contributed by atoms with E-state index in [2.05, 4.69) is 10.6 Å². The van der Waals surface area contributed by atoms with E-state index in [1.807, 2.05) is 12.1 Å². The number of carbonyl (C=O) groups excluding carboxylic acids is 2. The highest BCUT2D eigenvalue weighted by Crippen LogP contribution is 2.44. The van der Waals surface area contributed by atoms with E-state index in [0.29, 0.717) is 55.4 Å². The molecule has 6 nitrogen and oxygen atoms in total. The molecule has 1 aromatic carbocycles. The first kappa shape index (κ1) is 16.4. The topological polar surface area (TPSA) is 70.7 Å². The Labute approximate surface area is 147 Å². The van der Waals surface area contributed by atoms with Gasteiger partial charge in [-0.3, -0.25) is 4.79 Å². The molecule has 1 saturated heterocycles. The number of hydrogen-bond acceptors (Lipinski definition) is 3. The fourth-order valence-electron chi connectivity index (χ4n) is 3.53. The smallest absolute Gasteiger partial charge is 0.319 e. The van der Waals surface area contributed by atoms with Crippen molar-refractivity contribution in [2.24, 2.45) is 11.8 Å². The molecule has 2 saturated carbocycles. The zero-order valence-corrected chi connectivity index (χ0v) is 14.4. The van der Waals surface area contributed by atoms with Crippen molar-refractivity contribution in [1.82, 2.24) is 10.2 Å². The van der Waals surface area contributed by atoms with Crippen LogP contribution in [0.25, 0.3) is 0 Å². The number of nitrogens with zero attached hydrogens (tertiary/aromatic N) is 1. The lowest BCUT2D eigenvalue weighted by Crippen LogP contribution is -2.41. The molecular formula is C19H25N3O3. The monoisotopic (exact) mass is 343 g/mol. The number of hydrogen-bond donors (Lipinski definition) is 2. The van der Waals surface area contributed by atoms with Crippen LogP contribution in [0, 0.1) is 11.8 Å². The lowest BCUT2D eigenvalue weighted by atomic mass is 10.1. The molecule has 1 aliphatic heterocycles. The van der Waals surface area contributed by atoms with Gasteiger partial charge in [0.1, 0.15) is 0 Å². The number of urea groups is 1. The van der Waals surface area contributed by atoms with Crippen LogP contribution in [-0.4, -0.2) is 49.2 Å². The Bertz CT molecular complexity index is 637. The predicted octanol–water partition coefficient (Wildman–Crippen LogP) is 2.47. The van der Waals surface area contributed by atoms with Crippen molar-refractivity contribution in [1.29, 1.82) is 0 Å². The predicted molar refractivity (Wildman–Crippen MR) is 94.6 cm³/mol. The van der Waals surface area contributed by atoms with E-state index >= 15 is 0 Å². The van der Waals surface area contributed by atoms with E-state index < -0.39 is 0 Å². The Morgan fingerprint density at radius 2 is 1.76 bits per heavy atom. The van der Waals surface area contributed by atoms with Crippen molar-refractivity contribution < 1.29 is 14.3 Å². The molecular weight excluding hydrogens is 318 g/mol. The molecule has 0 bridgehead atoms. The number of benzene rings is 1. The van der Waals surface area contributed by atoms with Gasteiger partial charge in [0.25, 0.3) is 5.91 Å². The van der Waals surface area contributed by atoms with Crippen LogP contribution >= 0.6 is 0 Å². The summed E-state index contributed by atoms with van der Waals surface area (Å²) in [6.45, 7) is 2.38. The normalized spacial score (nSPS) is 20.4. The molecule has 4 rings (SSSR count). The number of ether oxygens (including phenoxy) is 1. The SMILES string of the molecule is O=C(Nc1cccc(C(=O)N2CCOCC2)c1)NC(C1CC1)C1CC1. The van der Waals surface area contributed by atoms with Gasteiger partial charge in [0, 0.05) is 30.4 Å². The van der Waals surface area contributed by atoms with Crippen LogP contribution in [0.3, 0.4) is 0 Å². The van der Waals surface area contributed by atoms with Crippen molar-refractivity contribution in [3.63, 3.8) is 0 Å². The molecule has 1 aromatic rings. The molecule has 0 spiro atoms. The van der Waals surface area contributed by atoms with E-state index in [0.717, 1.165) is 0 Å². The summed E-state index contributed by atoms with van der Waals surface area (Å²) in [7, 11) is 0. The van der Waals surface area contributed by atoms with E-state index in [1.54, 1.807) is 17.0 Å². The molecule has 3 fully saturated rings. The second kappa shape index (κ2) is 7.04. The van der Waals surface area contributed by atoms with E-state index in [-0.39, 0.29) is 11.9 Å². The zero-order valence-electron chi connectivity index (χ0n) is 14.4. The van der Waals surface area contributed by atoms with Gasteiger partial charge < -0.3 is 20.3 Å². The third kappa shape index (κ3) is 4.12. The van der Waals surface area contributed by atoms with Gasteiger partial charge in [-0.15, -0.1) is 0 Å². The van der Waals surface area contributed by atoms with E-state index in [9.17, 15) is 9.59 Å². The van der Waals surface area contributed by atoms with Gasteiger partial charge in [-0.2, -0.15) is 0 Å². The van der Waals surface area contributed by atoms with Crippen LogP contribution in [0.2, 0.25) is 0 Å². The van der Waals surface area contributed by atoms with Gasteiger partial charge in [0.05, 0.1) is 13.2 Å². The summed E-state index contributed by atoms with van der Waals surface area (Å²) in [4.78, 5) is 26.7. The summed E-state index contributed by atoms with van der Waals surface area (Å²) in [6, 6.07) is 7.32. The molecule has 0 radical (unpaired) electrons. The van der Waals surface area contributed by atoms with E-state index in [4.69, 9.17) is 4.74 Å². The van der Waals surface area contributed by atoms with Gasteiger partial charge >= 0.3 is 6.03 Å². The number of nitrogens with one attached hydrogen (secondary N) is 2. The van der Waals surface area contributed by atoms with Crippen molar-refractivity contribution >= 4 is 17.6 Å². The summed E-state index contributed by atoms with van der Waals surface area (Å²) in [5, 5.41) is 6.03. The Hall–Kier alpha value is -2.08. The van der Waals surface area contributed by atoms with Crippen LogP contribution in [0.1, 0.15) is 36.0 Å². The fraction of sp³-hybridized carbons (Fsp3) is 0.579. The Morgan fingerprint density at radius 3 is 2.40 bits per heavy atom. The highest BCUT2D eigenvalue weighted by Gasteiger charge is 2.42. The molecule has 0 unspecified atom stereocenters. The molecule has 2 aliphatic carbocycles. The Morgan fingerprint density at radius 1 is 1.08 bits per heavy atom. The second-order valence-electron chi connectivity index (χ2n) is 7.28. The highest BCUT2D eigenvalue weighted by atomic mass is 16.5. The first-order chi connectivity index (χ1) is 12.2. The van der Waals surface area contributed by atoms with E-state index in [1.165, 1.54) is 25.7 Å². The molecule has 3 amide bonds. The molecule has 1 heterocycles. The third-order valence-electron chi connectivity index (χ3n) is 5.22. The van der Waals surface area contributed by atoms with Gasteiger partial charge in [0.15, 0.2) is 0 Å². The molecule has 3 aliphatic rings. The van der Waals surface area contributed by atoms with Crippen LogP contribution in [0.5, 0.6) is 0 Å². The van der Waals surface area contributed by atoms with Gasteiger partial charge in [-0.05, 0) is 55.7 Å². The fourth-order valence-corrected chi connectivity index (χ4v) is 3.53. The largest absolute Gasteiger partial charge is 0.378 e. The third-order valence-corrected chi connectivity index (χ3v) is 5.22.